The Morgan fingerprint density at radius 2 is 0.521 bits per heavy atom. The lowest BCUT2D eigenvalue weighted by atomic mass is 10.0. The van der Waals surface area contributed by atoms with Gasteiger partial charge in [-0.05, 0) is 77.0 Å². The average molecular weight is 996 g/mol. The Morgan fingerprint density at radius 3 is 0.817 bits per heavy atom. The molecule has 0 amide bonds. The van der Waals surface area contributed by atoms with Crippen LogP contribution in [0.1, 0.15) is 329 Å². The maximum absolute atomic E-state index is 12.9. The van der Waals surface area contributed by atoms with Crippen LogP contribution in [-0.2, 0) is 28.6 Å². The number of hydrogen-bond acceptors (Lipinski definition) is 6. The van der Waals surface area contributed by atoms with Crippen molar-refractivity contribution >= 4 is 17.9 Å². The largest absolute Gasteiger partial charge is 0.462 e. The third-order valence-corrected chi connectivity index (χ3v) is 13.8. The van der Waals surface area contributed by atoms with Crippen molar-refractivity contribution in [3.05, 3.63) is 48.6 Å². The maximum atomic E-state index is 12.9. The number of esters is 3. The molecular weight excluding hydrogens is 877 g/mol. The van der Waals surface area contributed by atoms with Gasteiger partial charge in [-0.25, -0.2) is 0 Å². The molecule has 0 saturated carbocycles. The van der Waals surface area contributed by atoms with Gasteiger partial charge in [0, 0.05) is 19.3 Å². The van der Waals surface area contributed by atoms with E-state index in [0.29, 0.717) is 19.3 Å². The van der Waals surface area contributed by atoms with Crippen molar-refractivity contribution < 1.29 is 28.6 Å². The highest BCUT2D eigenvalue weighted by molar-refractivity contribution is 5.71. The number of ether oxygens (including phenoxy) is 3. The number of allylic oxidation sites excluding steroid dienone is 8. The minimum absolute atomic E-state index is 0.0752. The third-order valence-electron chi connectivity index (χ3n) is 13.8. The van der Waals surface area contributed by atoms with Crippen molar-refractivity contribution in [3.63, 3.8) is 0 Å². The molecule has 6 nitrogen and oxygen atoms in total. The summed E-state index contributed by atoms with van der Waals surface area (Å²) in [5.41, 5.74) is 0. The molecule has 71 heavy (non-hydrogen) atoms. The molecule has 0 aliphatic heterocycles. The summed E-state index contributed by atoms with van der Waals surface area (Å²) in [6.07, 6.45) is 74.0. The zero-order valence-electron chi connectivity index (χ0n) is 47.5. The van der Waals surface area contributed by atoms with E-state index in [4.69, 9.17) is 14.2 Å². The van der Waals surface area contributed by atoms with Gasteiger partial charge in [-0.15, -0.1) is 0 Å². The van der Waals surface area contributed by atoms with Gasteiger partial charge in [0.05, 0.1) is 0 Å². The summed E-state index contributed by atoms with van der Waals surface area (Å²) >= 11 is 0. The van der Waals surface area contributed by atoms with Crippen molar-refractivity contribution in [2.24, 2.45) is 0 Å². The molecule has 0 bridgehead atoms. The molecule has 0 rings (SSSR count). The summed E-state index contributed by atoms with van der Waals surface area (Å²) in [6, 6.07) is 0. The Balaban J connectivity index is 4.25. The summed E-state index contributed by atoms with van der Waals surface area (Å²) in [6.45, 7) is 6.62. The fourth-order valence-corrected chi connectivity index (χ4v) is 9.08. The van der Waals surface area contributed by atoms with Crippen LogP contribution in [0.25, 0.3) is 0 Å². The molecule has 6 heteroatoms. The summed E-state index contributed by atoms with van der Waals surface area (Å²) < 4.78 is 16.9. The molecule has 0 spiro atoms. The minimum atomic E-state index is -0.778. The zero-order chi connectivity index (χ0) is 51.4. The Morgan fingerprint density at radius 1 is 0.282 bits per heavy atom. The smallest absolute Gasteiger partial charge is 0.306 e. The van der Waals surface area contributed by atoms with E-state index in [1.54, 1.807) is 0 Å². The summed E-state index contributed by atoms with van der Waals surface area (Å²) in [5, 5.41) is 0. The van der Waals surface area contributed by atoms with Crippen LogP contribution in [0, 0.1) is 0 Å². The van der Waals surface area contributed by atoms with Gasteiger partial charge < -0.3 is 14.2 Å². The first kappa shape index (κ1) is 68.4. The number of unbranched alkanes of at least 4 members (excludes halogenated alkanes) is 38. The third kappa shape index (κ3) is 58.1. The highest BCUT2D eigenvalue weighted by Gasteiger charge is 2.19. The van der Waals surface area contributed by atoms with Gasteiger partial charge in [-0.1, -0.05) is 281 Å². The van der Waals surface area contributed by atoms with Crippen LogP contribution < -0.4 is 0 Å². The fourth-order valence-electron chi connectivity index (χ4n) is 9.08. The van der Waals surface area contributed by atoms with Gasteiger partial charge in [0.2, 0.25) is 0 Å². The Labute approximate surface area is 441 Å². The summed E-state index contributed by atoms with van der Waals surface area (Å²) in [5.74, 6) is -0.872. The lowest BCUT2D eigenvalue weighted by molar-refractivity contribution is -0.167. The van der Waals surface area contributed by atoms with Crippen LogP contribution in [-0.4, -0.2) is 37.2 Å². The van der Waals surface area contributed by atoms with E-state index < -0.39 is 6.10 Å². The average Bonchev–Trinajstić information content (AvgIpc) is 3.37. The van der Waals surface area contributed by atoms with Crippen LogP contribution in [0.5, 0.6) is 0 Å². The van der Waals surface area contributed by atoms with Gasteiger partial charge in [0.25, 0.3) is 0 Å². The number of carbonyl (C=O) groups excluding carboxylic acids is 3. The standard InChI is InChI=1S/C65H118O6/c1-4-7-10-13-16-19-22-25-28-29-30-31-32-33-34-35-36-37-38-41-43-46-49-52-55-58-64(67)70-61-62(71-65(68)59-56-53-50-47-44-40-27-24-21-18-15-12-9-6-3)60-69-63(66)57-54-51-48-45-42-39-26-23-20-17-14-11-8-5-2/h15,18,22,24-25,27,29-30,62H,4-14,16-17,19-21,23,26,28,31-61H2,1-3H3/b18-15-,25-22-,27-24-,30-29-. The van der Waals surface area contributed by atoms with Crippen LogP contribution in [0.15, 0.2) is 48.6 Å². The van der Waals surface area contributed by atoms with Gasteiger partial charge in [0.1, 0.15) is 13.2 Å². The molecule has 414 valence electrons. The Kier molecular flexibility index (Phi) is 57.7. The number of rotatable bonds is 57. The van der Waals surface area contributed by atoms with Gasteiger partial charge >= 0.3 is 17.9 Å². The van der Waals surface area contributed by atoms with E-state index in [2.05, 4.69) is 69.4 Å². The molecule has 0 N–H and O–H groups in total. The second kappa shape index (κ2) is 59.9. The van der Waals surface area contributed by atoms with E-state index in [1.165, 1.54) is 199 Å². The van der Waals surface area contributed by atoms with E-state index in [9.17, 15) is 14.4 Å². The Bertz CT molecular complexity index is 1230. The van der Waals surface area contributed by atoms with Gasteiger partial charge in [-0.2, -0.15) is 0 Å². The van der Waals surface area contributed by atoms with Gasteiger partial charge in [0.15, 0.2) is 6.10 Å². The normalized spacial score (nSPS) is 12.3. The van der Waals surface area contributed by atoms with Crippen LogP contribution in [0.2, 0.25) is 0 Å². The molecule has 0 fully saturated rings. The first-order valence-corrected chi connectivity index (χ1v) is 31.1. The van der Waals surface area contributed by atoms with E-state index >= 15 is 0 Å². The molecule has 0 radical (unpaired) electrons. The van der Waals surface area contributed by atoms with E-state index in [-0.39, 0.29) is 31.1 Å². The maximum Gasteiger partial charge on any atom is 0.306 e. The summed E-state index contributed by atoms with van der Waals surface area (Å²) in [4.78, 5) is 38.2. The highest BCUT2D eigenvalue weighted by Crippen LogP contribution is 2.17. The molecule has 0 aromatic rings. The second-order valence-corrected chi connectivity index (χ2v) is 21.0. The van der Waals surface area contributed by atoms with Crippen LogP contribution >= 0.6 is 0 Å². The molecule has 0 aliphatic carbocycles. The Hall–Kier alpha value is -2.63. The predicted molar refractivity (Wildman–Crippen MR) is 307 cm³/mol. The molecule has 1 unspecified atom stereocenters. The SMILES string of the molecule is CCCC/C=C\C/C=C\CCCCCCCC(=O)OC(COC(=O)CCCCCCCCCCCCCCCC)COC(=O)CCCCCCCCCCCCCCC/C=C\C/C=C\CCCCCCC. The zero-order valence-corrected chi connectivity index (χ0v) is 47.5. The molecule has 0 aromatic heterocycles. The van der Waals surface area contributed by atoms with Crippen LogP contribution in [0.4, 0.5) is 0 Å². The lowest BCUT2D eigenvalue weighted by Gasteiger charge is -2.18. The van der Waals surface area contributed by atoms with Crippen molar-refractivity contribution in [2.45, 2.75) is 335 Å². The van der Waals surface area contributed by atoms with Gasteiger partial charge in [-0.3, -0.25) is 14.4 Å². The van der Waals surface area contributed by atoms with Crippen molar-refractivity contribution in [1.82, 2.24) is 0 Å². The molecule has 0 saturated heterocycles. The summed E-state index contributed by atoms with van der Waals surface area (Å²) in [7, 11) is 0. The number of carbonyl (C=O) groups is 3. The molecule has 1 atom stereocenters. The lowest BCUT2D eigenvalue weighted by Crippen LogP contribution is -2.30. The highest BCUT2D eigenvalue weighted by atomic mass is 16.6. The first-order valence-electron chi connectivity index (χ1n) is 31.1. The topological polar surface area (TPSA) is 78.9 Å². The number of hydrogen-bond donors (Lipinski definition) is 0. The van der Waals surface area contributed by atoms with Crippen molar-refractivity contribution in [2.75, 3.05) is 13.2 Å². The van der Waals surface area contributed by atoms with Crippen molar-refractivity contribution in [1.29, 1.82) is 0 Å². The second-order valence-electron chi connectivity index (χ2n) is 21.0. The molecular formula is C65H118O6. The predicted octanol–water partition coefficient (Wildman–Crippen LogP) is 21.0. The van der Waals surface area contributed by atoms with E-state index in [0.717, 1.165) is 89.9 Å². The molecule has 0 aliphatic rings. The van der Waals surface area contributed by atoms with Crippen molar-refractivity contribution in [3.8, 4) is 0 Å². The molecule has 0 heterocycles. The molecule has 0 aromatic carbocycles. The van der Waals surface area contributed by atoms with E-state index in [1.807, 2.05) is 0 Å². The minimum Gasteiger partial charge on any atom is -0.462 e. The van der Waals surface area contributed by atoms with Crippen LogP contribution in [0.3, 0.4) is 0 Å². The first-order chi connectivity index (χ1) is 35.0. The monoisotopic (exact) mass is 995 g/mol. The quantitative estimate of drug-likeness (QED) is 0.0261. The fraction of sp³-hybridized carbons (Fsp3) is 0.831.